The first kappa shape index (κ1) is 14.1. The summed E-state index contributed by atoms with van der Waals surface area (Å²) >= 11 is 0. The average molecular weight is 324 g/mol. The zero-order chi connectivity index (χ0) is 16.7. The van der Waals surface area contributed by atoms with E-state index in [1.807, 2.05) is 25.5 Å². The van der Waals surface area contributed by atoms with E-state index in [-0.39, 0.29) is 18.1 Å². The number of aryl methyl sites for hydroxylation is 1. The number of hydrogen-bond donors (Lipinski definition) is 1. The number of hydrogen-bond acceptors (Lipinski definition) is 7. The molecule has 0 aromatic carbocycles. The first-order valence-corrected chi connectivity index (χ1v) is 7.05. The van der Waals surface area contributed by atoms with Gasteiger partial charge in [0.2, 0.25) is 5.89 Å². The quantitative estimate of drug-likeness (QED) is 0.567. The van der Waals surface area contributed by atoms with Crippen LogP contribution in [0, 0.1) is 0 Å². The molecule has 0 atom stereocenters. The van der Waals surface area contributed by atoms with E-state index in [1.54, 1.807) is 21.6 Å². The highest BCUT2D eigenvalue weighted by Crippen LogP contribution is 2.20. The summed E-state index contributed by atoms with van der Waals surface area (Å²) in [5, 5.41) is 11.9. The predicted molar refractivity (Wildman–Crippen MR) is 80.8 cm³/mol. The van der Waals surface area contributed by atoms with E-state index in [2.05, 4.69) is 25.3 Å². The molecule has 1 amide bonds. The van der Waals surface area contributed by atoms with Gasteiger partial charge in [0, 0.05) is 18.8 Å². The third-order valence-electron chi connectivity index (χ3n) is 3.47. The van der Waals surface area contributed by atoms with Crippen molar-refractivity contribution < 1.29 is 9.32 Å². The minimum atomic E-state index is -0.739. The minimum Gasteiger partial charge on any atom is -0.363 e. The van der Waals surface area contributed by atoms with Crippen LogP contribution in [0.15, 0.2) is 35.4 Å². The van der Waals surface area contributed by atoms with Crippen LogP contribution < -0.4 is 5.73 Å². The van der Waals surface area contributed by atoms with Crippen molar-refractivity contribution in [2.75, 3.05) is 0 Å². The summed E-state index contributed by atoms with van der Waals surface area (Å²) in [5.74, 6) is -0.641. The molecule has 24 heavy (non-hydrogen) atoms. The van der Waals surface area contributed by atoms with Crippen LogP contribution in [-0.4, -0.2) is 40.4 Å². The fourth-order valence-corrected chi connectivity index (χ4v) is 2.39. The van der Waals surface area contributed by atoms with Crippen molar-refractivity contribution >= 4 is 11.4 Å². The Bertz CT molecular complexity index is 1040. The Morgan fingerprint density at radius 1 is 1.29 bits per heavy atom. The predicted octanol–water partition coefficient (Wildman–Crippen LogP) is 0.202. The SMILES string of the molecule is Cn1cc(-c2cn3nccc3c(Cc3nc(C(N)=O)no3)n2)cn1. The molecule has 0 spiro atoms. The topological polar surface area (TPSA) is 130 Å². The third-order valence-corrected chi connectivity index (χ3v) is 3.47. The number of carbonyl (C=O) groups is 1. The second-order valence-corrected chi connectivity index (χ2v) is 5.19. The first-order valence-electron chi connectivity index (χ1n) is 7.05. The van der Waals surface area contributed by atoms with Gasteiger partial charge in [-0.2, -0.15) is 15.2 Å². The number of nitrogens with zero attached hydrogens (tertiary/aromatic N) is 7. The van der Waals surface area contributed by atoms with Crippen LogP contribution in [0.2, 0.25) is 0 Å². The summed E-state index contributed by atoms with van der Waals surface area (Å²) < 4.78 is 8.47. The van der Waals surface area contributed by atoms with Gasteiger partial charge in [-0.25, -0.2) is 9.50 Å². The number of carbonyl (C=O) groups excluding carboxylic acids is 1. The molecule has 10 heteroatoms. The van der Waals surface area contributed by atoms with Gasteiger partial charge < -0.3 is 10.3 Å². The second kappa shape index (κ2) is 5.26. The Labute approximate surface area is 134 Å². The summed E-state index contributed by atoms with van der Waals surface area (Å²) in [6.07, 6.45) is 7.33. The highest BCUT2D eigenvalue weighted by molar-refractivity contribution is 5.88. The van der Waals surface area contributed by atoms with Crippen molar-refractivity contribution in [3.05, 3.63) is 48.3 Å². The highest BCUT2D eigenvalue weighted by Gasteiger charge is 2.16. The van der Waals surface area contributed by atoms with Crippen LogP contribution in [0.5, 0.6) is 0 Å². The largest absolute Gasteiger partial charge is 0.363 e. The van der Waals surface area contributed by atoms with Gasteiger partial charge in [0.05, 0.1) is 41.9 Å². The van der Waals surface area contributed by atoms with E-state index in [9.17, 15) is 4.79 Å². The molecule has 4 aromatic heterocycles. The van der Waals surface area contributed by atoms with Crippen LogP contribution >= 0.6 is 0 Å². The molecule has 0 saturated carbocycles. The monoisotopic (exact) mass is 324 g/mol. The van der Waals surface area contributed by atoms with Crippen LogP contribution in [0.1, 0.15) is 22.2 Å². The lowest BCUT2D eigenvalue weighted by Crippen LogP contribution is -2.12. The molecule has 2 N–H and O–H groups in total. The fraction of sp³-hybridized carbons (Fsp3) is 0.143. The lowest BCUT2D eigenvalue weighted by Gasteiger charge is -2.04. The van der Waals surface area contributed by atoms with Crippen LogP contribution in [0.25, 0.3) is 16.8 Å². The summed E-state index contributed by atoms with van der Waals surface area (Å²) in [6.45, 7) is 0. The molecular formula is C14H12N8O2. The second-order valence-electron chi connectivity index (χ2n) is 5.19. The zero-order valence-electron chi connectivity index (χ0n) is 12.6. The Kier molecular flexibility index (Phi) is 3.08. The molecule has 0 unspecified atom stereocenters. The van der Waals surface area contributed by atoms with E-state index in [4.69, 9.17) is 10.3 Å². The molecule has 0 fully saturated rings. The standard InChI is InChI=1S/C14H12N8O2/c1-21-6-8(5-17-21)10-7-22-11(2-3-16-22)9(18-10)4-12-19-14(13(15)23)20-24-12/h2-3,5-7H,4H2,1H3,(H2,15,23). The van der Waals surface area contributed by atoms with Gasteiger partial charge in [-0.3, -0.25) is 9.48 Å². The normalized spacial score (nSPS) is 11.2. The van der Waals surface area contributed by atoms with E-state index in [0.29, 0.717) is 11.4 Å². The van der Waals surface area contributed by atoms with Crippen molar-refractivity contribution in [2.24, 2.45) is 12.8 Å². The molecule has 10 nitrogen and oxygen atoms in total. The van der Waals surface area contributed by atoms with Gasteiger partial charge in [0.1, 0.15) is 0 Å². The summed E-state index contributed by atoms with van der Waals surface area (Å²) in [4.78, 5) is 19.7. The summed E-state index contributed by atoms with van der Waals surface area (Å²) in [6, 6.07) is 1.83. The lowest BCUT2D eigenvalue weighted by molar-refractivity contribution is 0.0987. The van der Waals surface area contributed by atoms with E-state index in [0.717, 1.165) is 11.1 Å². The number of nitrogens with two attached hydrogens (primary N) is 1. The van der Waals surface area contributed by atoms with Crippen molar-refractivity contribution in [3.8, 4) is 11.3 Å². The molecule has 4 heterocycles. The summed E-state index contributed by atoms with van der Waals surface area (Å²) in [7, 11) is 1.83. The molecule has 4 rings (SSSR count). The highest BCUT2D eigenvalue weighted by atomic mass is 16.5. The van der Waals surface area contributed by atoms with E-state index >= 15 is 0 Å². The maximum absolute atomic E-state index is 11.1. The Morgan fingerprint density at radius 3 is 2.88 bits per heavy atom. The van der Waals surface area contributed by atoms with Gasteiger partial charge in [0.25, 0.3) is 11.7 Å². The number of aromatic nitrogens is 7. The van der Waals surface area contributed by atoms with Gasteiger partial charge in [0.15, 0.2) is 0 Å². The molecule has 0 radical (unpaired) electrons. The van der Waals surface area contributed by atoms with Crippen molar-refractivity contribution in [1.82, 2.24) is 34.5 Å². The Balaban J connectivity index is 1.78. The van der Waals surface area contributed by atoms with E-state index < -0.39 is 5.91 Å². The molecule has 0 bridgehead atoms. The van der Waals surface area contributed by atoms with Gasteiger partial charge in [-0.05, 0) is 6.07 Å². The van der Waals surface area contributed by atoms with E-state index in [1.165, 1.54) is 0 Å². The maximum Gasteiger partial charge on any atom is 0.290 e. The lowest BCUT2D eigenvalue weighted by atomic mass is 10.2. The first-order chi connectivity index (χ1) is 11.6. The fourth-order valence-electron chi connectivity index (χ4n) is 2.39. The van der Waals surface area contributed by atoms with Crippen molar-refractivity contribution in [2.45, 2.75) is 6.42 Å². The van der Waals surface area contributed by atoms with Gasteiger partial charge in [-0.15, -0.1) is 0 Å². The molecule has 4 aromatic rings. The molecule has 0 saturated heterocycles. The van der Waals surface area contributed by atoms with Gasteiger partial charge >= 0.3 is 0 Å². The van der Waals surface area contributed by atoms with Crippen molar-refractivity contribution in [3.63, 3.8) is 0 Å². The number of fused-ring (bicyclic) bond motifs is 1. The van der Waals surface area contributed by atoms with Gasteiger partial charge in [-0.1, -0.05) is 5.16 Å². The Hall–Kier alpha value is -3.56. The molecular weight excluding hydrogens is 312 g/mol. The maximum atomic E-state index is 11.1. The molecule has 0 aliphatic heterocycles. The smallest absolute Gasteiger partial charge is 0.290 e. The van der Waals surface area contributed by atoms with Crippen molar-refractivity contribution in [1.29, 1.82) is 0 Å². The number of rotatable bonds is 4. The summed E-state index contributed by atoms with van der Waals surface area (Å²) in [5.41, 5.74) is 8.20. The zero-order valence-corrected chi connectivity index (χ0v) is 12.6. The minimum absolute atomic E-state index is 0.155. The molecule has 0 aliphatic rings. The average Bonchev–Trinajstić information content (AvgIpc) is 3.26. The number of amides is 1. The number of primary amides is 1. The van der Waals surface area contributed by atoms with Crippen LogP contribution in [0.4, 0.5) is 0 Å². The van der Waals surface area contributed by atoms with Crippen LogP contribution in [-0.2, 0) is 13.5 Å². The molecule has 120 valence electrons. The van der Waals surface area contributed by atoms with Crippen LogP contribution in [0.3, 0.4) is 0 Å². The third kappa shape index (κ3) is 2.39. The molecule has 0 aliphatic carbocycles. The Morgan fingerprint density at radius 2 is 2.17 bits per heavy atom.